The average Bonchev–Trinajstić information content (AvgIpc) is 3.21. The second-order valence-electron chi connectivity index (χ2n) is 8.45. The Kier molecular flexibility index (Phi) is 5.83. The maximum absolute atomic E-state index is 13.2. The van der Waals surface area contributed by atoms with E-state index in [9.17, 15) is 9.59 Å². The van der Waals surface area contributed by atoms with Crippen molar-refractivity contribution >= 4 is 34.1 Å². The van der Waals surface area contributed by atoms with Gasteiger partial charge < -0.3 is 9.80 Å². The van der Waals surface area contributed by atoms with Crippen molar-refractivity contribution < 1.29 is 4.79 Å². The van der Waals surface area contributed by atoms with Crippen molar-refractivity contribution in [2.45, 2.75) is 20.4 Å². The number of amides is 1. The minimum Gasteiger partial charge on any atom is -0.368 e. The maximum Gasteiger partial charge on any atom is 0.295 e. The molecule has 174 valence electrons. The van der Waals surface area contributed by atoms with Gasteiger partial charge in [0.1, 0.15) is 6.54 Å². The number of anilines is 1. The van der Waals surface area contributed by atoms with Gasteiger partial charge in [0.15, 0.2) is 5.52 Å². The first-order valence-electron chi connectivity index (χ1n) is 11.2. The van der Waals surface area contributed by atoms with Crippen LogP contribution in [0.1, 0.15) is 11.4 Å². The van der Waals surface area contributed by atoms with Crippen molar-refractivity contribution in [2.75, 3.05) is 31.1 Å². The summed E-state index contributed by atoms with van der Waals surface area (Å²) in [6, 6.07) is 17.4. The van der Waals surface area contributed by atoms with Gasteiger partial charge in [-0.1, -0.05) is 35.9 Å². The molecule has 5 rings (SSSR count). The van der Waals surface area contributed by atoms with Crippen molar-refractivity contribution in [3.05, 3.63) is 81.4 Å². The Labute approximate surface area is 202 Å². The summed E-state index contributed by atoms with van der Waals surface area (Å²) in [4.78, 5) is 30.2. The Bertz CT molecular complexity index is 1420. The summed E-state index contributed by atoms with van der Waals surface area (Å²) < 4.78 is 2.99. The summed E-state index contributed by atoms with van der Waals surface area (Å²) in [6.45, 7) is 6.21. The SMILES string of the molecule is Cc1nn(CC(=O)N2CCN(c3cccc(Cl)c3)CC2)c(=O)c2nn(-c3ccccc3)c(C)c12. The number of para-hydroxylation sites is 1. The number of rotatable bonds is 4. The van der Waals surface area contributed by atoms with Crippen molar-refractivity contribution in [1.29, 1.82) is 0 Å². The fourth-order valence-corrected chi connectivity index (χ4v) is 4.71. The van der Waals surface area contributed by atoms with Gasteiger partial charge in [-0.15, -0.1) is 0 Å². The Hall–Kier alpha value is -3.65. The molecule has 0 N–H and O–H groups in total. The molecule has 0 radical (unpaired) electrons. The number of aromatic nitrogens is 4. The third-order valence-electron chi connectivity index (χ3n) is 6.28. The Morgan fingerprint density at radius 3 is 2.35 bits per heavy atom. The molecular formula is C25H25ClN6O2. The fourth-order valence-electron chi connectivity index (χ4n) is 4.53. The highest BCUT2D eigenvalue weighted by Gasteiger charge is 2.24. The summed E-state index contributed by atoms with van der Waals surface area (Å²) >= 11 is 6.11. The van der Waals surface area contributed by atoms with Crippen molar-refractivity contribution in [3.8, 4) is 5.69 Å². The molecule has 1 aliphatic rings. The summed E-state index contributed by atoms with van der Waals surface area (Å²) in [7, 11) is 0. The van der Waals surface area contributed by atoms with Crippen LogP contribution in [0.15, 0.2) is 59.4 Å². The first kappa shape index (κ1) is 22.2. The molecule has 3 heterocycles. The van der Waals surface area contributed by atoms with E-state index in [2.05, 4.69) is 15.1 Å². The van der Waals surface area contributed by atoms with Gasteiger partial charge in [0.2, 0.25) is 5.91 Å². The van der Waals surface area contributed by atoms with Gasteiger partial charge in [0, 0.05) is 36.9 Å². The number of piperazine rings is 1. The zero-order chi connectivity index (χ0) is 23.8. The number of hydrogen-bond acceptors (Lipinski definition) is 5. The third kappa shape index (κ3) is 4.05. The standard InChI is InChI=1S/C25H25ClN6O2/c1-17-23-18(2)32(20-8-4-3-5-9-20)28-24(23)25(34)31(27-17)16-22(33)30-13-11-29(12-14-30)21-10-6-7-19(26)15-21/h3-10,15H,11-14,16H2,1-2H3. The molecule has 0 spiro atoms. The monoisotopic (exact) mass is 476 g/mol. The van der Waals surface area contributed by atoms with E-state index in [1.165, 1.54) is 4.68 Å². The zero-order valence-corrected chi connectivity index (χ0v) is 19.9. The van der Waals surface area contributed by atoms with Gasteiger partial charge in [-0.25, -0.2) is 9.36 Å². The molecule has 4 aromatic rings. The van der Waals surface area contributed by atoms with Crippen LogP contribution in [0.4, 0.5) is 5.69 Å². The van der Waals surface area contributed by atoms with Crippen molar-refractivity contribution in [2.24, 2.45) is 0 Å². The molecule has 2 aromatic carbocycles. The van der Waals surface area contributed by atoms with Gasteiger partial charge in [-0.05, 0) is 44.2 Å². The average molecular weight is 477 g/mol. The molecule has 1 aliphatic heterocycles. The van der Waals surface area contributed by atoms with Crippen LogP contribution in [0.2, 0.25) is 5.02 Å². The van der Waals surface area contributed by atoms with Crippen LogP contribution < -0.4 is 10.5 Å². The molecule has 1 saturated heterocycles. The highest BCUT2D eigenvalue weighted by atomic mass is 35.5. The number of benzene rings is 2. The number of hydrogen-bond donors (Lipinski definition) is 0. The first-order valence-corrected chi connectivity index (χ1v) is 11.6. The van der Waals surface area contributed by atoms with Gasteiger partial charge in [0.05, 0.1) is 22.5 Å². The van der Waals surface area contributed by atoms with Crippen LogP contribution in [0.5, 0.6) is 0 Å². The van der Waals surface area contributed by atoms with E-state index in [-0.39, 0.29) is 18.0 Å². The molecule has 2 aromatic heterocycles. The van der Waals surface area contributed by atoms with E-state index in [4.69, 9.17) is 11.6 Å². The summed E-state index contributed by atoms with van der Waals surface area (Å²) in [5.74, 6) is -0.127. The van der Waals surface area contributed by atoms with E-state index < -0.39 is 0 Å². The van der Waals surface area contributed by atoms with E-state index >= 15 is 0 Å². The lowest BCUT2D eigenvalue weighted by molar-refractivity contribution is -0.132. The number of carbonyl (C=O) groups excluding carboxylic acids is 1. The van der Waals surface area contributed by atoms with E-state index in [1.807, 2.05) is 68.4 Å². The number of fused-ring (bicyclic) bond motifs is 1. The number of halogens is 1. The van der Waals surface area contributed by atoms with Crippen LogP contribution in [-0.4, -0.2) is 56.5 Å². The molecule has 34 heavy (non-hydrogen) atoms. The van der Waals surface area contributed by atoms with Gasteiger partial charge in [-0.2, -0.15) is 10.2 Å². The number of nitrogens with zero attached hydrogens (tertiary/aromatic N) is 6. The Balaban J connectivity index is 1.35. The lowest BCUT2D eigenvalue weighted by Crippen LogP contribution is -2.50. The highest BCUT2D eigenvalue weighted by molar-refractivity contribution is 6.30. The van der Waals surface area contributed by atoms with E-state index in [1.54, 1.807) is 9.58 Å². The van der Waals surface area contributed by atoms with E-state index in [0.29, 0.717) is 42.4 Å². The molecule has 8 nitrogen and oxygen atoms in total. The van der Waals surface area contributed by atoms with Crippen LogP contribution >= 0.6 is 11.6 Å². The predicted molar refractivity (Wildman–Crippen MR) is 133 cm³/mol. The van der Waals surface area contributed by atoms with Gasteiger partial charge in [-0.3, -0.25) is 9.59 Å². The summed E-state index contributed by atoms with van der Waals surface area (Å²) in [5.41, 5.74) is 3.40. The van der Waals surface area contributed by atoms with Crippen LogP contribution in [0, 0.1) is 13.8 Å². The zero-order valence-electron chi connectivity index (χ0n) is 19.1. The minimum atomic E-state index is -0.357. The topological polar surface area (TPSA) is 76.3 Å². The summed E-state index contributed by atoms with van der Waals surface area (Å²) in [5, 5.41) is 10.5. The molecule has 0 atom stereocenters. The van der Waals surface area contributed by atoms with Crippen molar-refractivity contribution in [1.82, 2.24) is 24.5 Å². The largest absolute Gasteiger partial charge is 0.368 e. The lowest BCUT2D eigenvalue weighted by atomic mass is 10.2. The Morgan fingerprint density at radius 2 is 1.65 bits per heavy atom. The third-order valence-corrected chi connectivity index (χ3v) is 6.51. The number of carbonyl (C=O) groups is 1. The highest BCUT2D eigenvalue weighted by Crippen LogP contribution is 2.22. The smallest absolute Gasteiger partial charge is 0.295 e. The van der Waals surface area contributed by atoms with Crippen LogP contribution in [-0.2, 0) is 11.3 Å². The fraction of sp³-hybridized carbons (Fsp3) is 0.280. The second kappa shape index (κ2) is 8.95. The van der Waals surface area contributed by atoms with Gasteiger partial charge >= 0.3 is 0 Å². The minimum absolute atomic E-state index is 0.107. The first-order chi connectivity index (χ1) is 16.4. The van der Waals surface area contributed by atoms with Crippen molar-refractivity contribution in [3.63, 3.8) is 0 Å². The molecule has 0 bridgehead atoms. The predicted octanol–water partition coefficient (Wildman–Crippen LogP) is 3.20. The molecule has 0 aliphatic carbocycles. The molecule has 0 saturated carbocycles. The second-order valence-corrected chi connectivity index (χ2v) is 8.89. The van der Waals surface area contributed by atoms with E-state index in [0.717, 1.165) is 22.5 Å². The van der Waals surface area contributed by atoms with Crippen LogP contribution in [0.3, 0.4) is 0 Å². The maximum atomic E-state index is 13.2. The number of aryl methyl sites for hydroxylation is 2. The molecule has 1 fully saturated rings. The van der Waals surface area contributed by atoms with Gasteiger partial charge in [0.25, 0.3) is 5.56 Å². The molecular weight excluding hydrogens is 452 g/mol. The normalized spacial score (nSPS) is 14.1. The molecule has 9 heteroatoms. The molecule has 0 unspecified atom stereocenters. The quantitative estimate of drug-likeness (QED) is 0.452. The molecule has 1 amide bonds. The summed E-state index contributed by atoms with van der Waals surface area (Å²) in [6.07, 6.45) is 0. The Morgan fingerprint density at radius 1 is 0.941 bits per heavy atom. The lowest BCUT2D eigenvalue weighted by Gasteiger charge is -2.36. The van der Waals surface area contributed by atoms with Crippen LogP contribution in [0.25, 0.3) is 16.6 Å².